The van der Waals surface area contributed by atoms with Crippen molar-refractivity contribution in [2.24, 2.45) is 0 Å². The summed E-state index contributed by atoms with van der Waals surface area (Å²) in [6, 6.07) is 15.5. The van der Waals surface area contributed by atoms with Gasteiger partial charge in [-0.3, -0.25) is 9.69 Å². The zero-order valence-electron chi connectivity index (χ0n) is 16.9. The summed E-state index contributed by atoms with van der Waals surface area (Å²) in [6.07, 6.45) is 7.31. The molecule has 1 aliphatic rings. The molecule has 1 fully saturated rings. The smallest absolute Gasteiger partial charge is 0.221 e. The molecule has 0 atom stereocenters. The van der Waals surface area contributed by atoms with E-state index >= 15 is 0 Å². The summed E-state index contributed by atoms with van der Waals surface area (Å²) in [5.41, 5.74) is 2.81. The molecule has 2 aromatic carbocycles. The molecule has 0 spiro atoms. The predicted octanol–water partition coefficient (Wildman–Crippen LogP) is 5.50. The van der Waals surface area contributed by atoms with Crippen LogP contribution >= 0.6 is 0 Å². The Kier molecular flexibility index (Phi) is 6.11. The lowest BCUT2D eigenvalue weighted by Gasteiger charge is -2.26. The average molecular weight is 389 g/mol. The van der Waals surface area contributed by atoms with Crippen molar-refractivity contribution >= 4 is 22.8 Å². The second-order valence-corrected chi connectivity index (χ2v) is 7.67. The maximum atomic E-state index is 12.4. The summed E-state index contributed by atoms with van der Waals surface area (Å²) in [6.45, 7) is 6.06. The summed E-state index contributed by atoms with van der Waals surface area (Å²) >= 11 is 0. The maximum Gasteiger partial charge on any atom is 0.221 e. The number of allylic oxidation sites excluding steroid dienone is 1. The van der Waals surface area contributed by atoms with Crippen molar-refractivity contribution in [2.45, 2.75) is 26.2 Å². The highest BCUT2D eigenvalue weighted by molar-refractivity contribution is 6.07. The van der Waals surface area contributed by atoms with E-state index in [1.54, 1.807) is 18.2 Å². The van der Waals surface area contributed by atoms with Crippen molar-refractivity contribution in [2.75, 3.05) is 26.2 Å². The molecule has 0 N–H and O–H groups in total. The van der Waals surface area contributed by atoms with E-state index in [9.17, 15) is 4.79 Å². The molecule has 150 valence electrons. The van der Waals surface area contributed by atoms with E-state index in [0.29, 0.717) is 12.4 Å². The largest absolute Gasteiger partial charge is 0.492 e. The highest BCUT2D eigenvalue weighted by atomic mass is 16.5. The summed E-state index contributed by atoms with van der Waals surface area (Å²) in [5, 5.41) is 0.943. The number of carbonyl (C=O) groups is 1. The third kappa shape index (κ3) is 5.15. The highest BCUT2D eigenvalue weighted by Crippen LogP contribution is 2.21. The number of hydrogen-bond acceptors (Lipinski definition) is 4. The van der Waals surface area contributed by atoms with Gasteiger partial charge in [-0.15, -0.1) is 0 Å². The Morgan fingerprint density at radius 2 is 1.86 bits per heavy atom. The molecule has 0 bridgehead atoms. The molecule has 0 amide bonds. The van der Waals surface area contributed by atoms with Gasteiger partial charge < -0.3 is 9.15 Å². The van der Waals surface area contributed by atoms with E-state index in [1.807, 2.05) is 49.4 Å². The Morgan fingerprint density at radius 3 is 2.66 bits per heavy atom. The minimum absolute atomic E-state index is 0.138. The minimum Gasteiger partial charge on any atom is -0.492 e. The van der Waals surface area contributed by atoms with Crippen molar-refractivity contribution in [3.8, 4) is 5.75 Å². The van der Waals surface area contributed by atoms with E-state index < -0.39 is 0 Å². The Hall–Kier alpha value is -2.85. The number of benzene rings is 2. The quantitative estimate of drug-likeness (QED) is 0.395. The van der Waals surface area contributed by atoms with Gasteiger partial charge in [0.2, 0.25) is 5.78 Å². The number of likely N-dealkylation sites (tertiary alicyclic amines) is 1. The van der Waals surface area contributed by atoms with Crippen LogP contribution in [0.1, 0.15) is 40.9 Å². The first kappa shape index (κ1) is 19.5. The minimum atomic E-state index is -0.138. The fourth-order valence-corrected chi connectivity index (χ4v) is 3.66. The Bertz CT molecular complexity index is 995. The Labute approximate surface area is 171 Å². The van der Waals surface area contributed by atoms with Crippen LogP contribution in [0.15, 0.2) is 59.0 Å². The van der Waals surface area contributed by atoms with Crippen LogP contribution in [0.4, 0.5) is 0 Å². The van der Waals surface area contributed by atoms with Crippen molar-refractivity contribution in [3.05, 3.63) is 71.5 Å². The second-order valence-electron chi connectivity index (χ2n) is 7.67. The molecular formula is C25H27NO3. The molecule has 1 aromatic heterocycles. The lowest BCUT2D eigenvalue weighted by Crippen LogP contribution is -2.33. The van der Waals surface area contributed by atoms with Crippen LogP contribution < -0.4 is 4.74 Å². The monoisotopic (exact) mass is 389 g/mol. The van der Waals surface area contributed by atoms with Gasteiger partial charge in [0.05, 0.1) is 0 Å². The molecule has 0 saturated carbocycles. The van der Waals surface area contributed by atoms with E-state index in [4.69, 9.17) is 9.15 Å². The lowest BCUT2D eigenvalue weighted by molar-refractivity contribution is 0.102. The number of ether oxygens (including phenoxy) is 1. The number of piperidine rings is 1. The topological polar surface area (TPSA) is 42.7 Å². The normalized spacial score (nSPS) is 15.2. The molecule has 0 aliphatic carbocycles. The number of aryl methyl sites for hydroxylation is 1. The number of furan rings is 1. The average Bonchev–Trinajstić information content (AvgIpc) is 3.17. The van der Waals surface area contributed by atoms with E-state index in [0.717, 1.165) is 34.4 Å². The van der Waals surface area contributed by atoms with Gasteiger partial charge in [0.25, 0.3) is 0 Å². The first-order valence-electron chi connectivity index (χ1n) is 10.4. The molecule has 4 nitrogen and oxygen atoms in total. The summed E-state index contributed by atoms with van der Waals surface area (Å²) < 4.78 is 11.5. The van der Waals surface area contributed by atoms with Crippen LogP contribution in [-0.4, -0.2) is 36.9 Å². The van der Waals surface area contributed by atoms with Crippen molar-refractivity contribution in [1.82, 2.24) is 4.90 Å². The summed E-state index contributed by atoms with van der Waals surface area (Å²) in [4.78, 5) is 14.9. The first-order chi connectivity index (χ1) is 14.2. The Balaban J connectivity index is 1.31. The number of ketones is 1. The van der Waals surface area contributed by atoms with E-state index in [-0.39, 0.29) is 5.78 Å². The molecular weight excluding hydrogens is 362 g/mol. The SMILES string of the molecule is Cc1ccc2cc(C(=O)/C=C/c3ccc(OCCN4CCCCC4)cc3)oc2c1. The van der Waals surface area contributed by atoms with Gasteiger partial charge in [-0.1, -0.05) is 36.8 Å². The zero-order valence-corrected chi connectivity index (χ0v) is 16.9. The van der Waals surface area contributed by atoms with Crippen LogP contribution in [0.25, 0.3) is 17.0 Å². The van der Waals surface area contributed by atoms with Gasteiger partial charge in [0, 0.05) is 11.9 Å². The van der Waals surface area contributed by atoms with Crippen LogP contribution in [0, 0.1) is 6.92 Å². The fraction of sp³-hybridized carbons (Fsp3) is 0.320. The lowest BCUT2D eigenvalue weighted by atomic mass is 10.1. The van der Waals surface area contributed by atoms with Gasteiger partial charge in [-0.2, -0.15) is 0 Å². The van der Waals surface area contributed by atoms with E-state index in [2.05, 4.69) is 4.90 Å². The molecule has 29 heavy (non-hydrogen) atoms. The van der Waals surface area contributed by atoms with Gasteiger partial charge >= 0.3 is 0 Å². The number of carbonyl (C=O) groups excluding carboxylic acids is 1. The molecule has 2 heterocycles. The molecule has 4 heteroatoms. The maximum absolute atomic E-state index is 12.4. The zero-order chi connectivity index (χ0) is 20.1. The molecule has 0 radical (unpaired) electrons. The molecule has 1 saturated heterocycles. The number of rotatable bonds is 7. The Morgan fingerprint density at radius 1 is 1.07 bits per heavy atom. The van der Waals surface area contributed by atoms with Crippen LogP contribution in [-0.2, 0) is 0 Å². The molecule has 4 rings (SSSR count). The van der Waals surface area contributed by atoms with Gasteiger partial charge in [0.1, 0.15) is 17.9 Å². The number of nitrogens with zero attached hydrogens (tertiary/aromatic N) is 1. The predicted molar refractivity (Wildman–Crippen MR) is 117 cm³/mol. The first-order valence-corrected chi connectivity index (χ1v) is 10.4. The summed E-state index contributed by atoms with van der Waals surface area (Å²) in [7, 11) is 0. The standard InChI is InChI=1S/C25H27NO3/c1-19-5-9-21-18-25(29-24(21)17-19)23(27)12-8-20-6-10-22(11-7-20)28-16-15-26-13-3-2-4-14-26/h5-12,17-18H,2-4,13-16H2,1H3/b12-8+. The van der Waals surface area contributed by atoms with Gasteiger partial charge in [-0.05, 0) is 74.3 Å². The molecule has 3 aromatic rings. The van der Waals surface area contributed by atoms with Crippen LogP contribution in [0.2, 0.25) is 0 Å². The highest BCUT2D eigenvalue weighted by Gasteiger charge is 2.10. The van der Waals surface area contributed by atoms with Crippen LogP contribution in [0.3, 0.4) is 0 Å². The molecule has 0 unspecified atom stereocenters. The van der Waals surface area contributed by atoms with Crippen molar-refractivity contribution in [3.63, 3.8) is 0 Å². The fourth-order valence-electron chi connectivity index (χ4n) is 3.66. The third-order valence-electron chi connectivity index (χ3n) is 5.35. The number of hydrogen-bond donors (Lipinski definition) is 0. The third-order valence-corrected chi connectivity index (χ3v) is 5.35. The summed E-state index contributed by atoms with van der Waals surface area (Å²) in [5.74, 6) is 1.08. The second kappa shape index (κ2) is 9.10. The van der Waals surface area contributed by atoms with Crippen molar-refractivity contribution < 1.29 is 13.9 Å². The molecule has 1 aliphatic heterocycles. The van der Waals surface area contributed by atoms with Gasteiger partial charge in [0.15, 0.2) is 5.76 Å². The van der Waals surface area contributed by atoms with Crippen LogP contribution in [0.5, 0.6) is 5.75 Å². The van der Waals surface area contributed by atoms with Crippen molar-refractivity contribution in [1.29, 1.82) is 0 Å². The van der Waals surface area contributed by atoms with Gasteiger partial charge in [-0.25, -0.2) is 0 Å². The van der Waals surface area contributed by atoms with E-state index in [1.165, 1.54) is 32.4 Å². The number of fused-ring (bicyclic) bond motifs is 1.